The number of benzene rings is 4. The standard InChI is InChI=1S/C16H15BrO2.C15H13BrO2.C3H8OS/c1-16(11-19-16)13-8-5-9-14(15(13)17)18-10-12-6-3-2-4-7-12;1-11(17)13-8-5-9-14(15(13)16)18-10-12-6-3-2-4-7-12;1-5(2,3)4/h2-9H,10-11H2,1H3;2-9H,10H2,1H3;1H2,2-3H3. The van der Waals surface area contributed by atoms with Crippen molar-refractivity contribution >= 4 is 47.6 Å². The van der Waals surface area contributed by atoms with Gasteiger partial charge in [0.25, 0.3) is 0 Å². The number of hydrogen-bond acceptors (Lipinski definition) is 5. The van der Waals surface area contributed by atoms with Crippen molar-refractivity contribution in [2.45, 2.75) is 32.7 Å². The first-order valence-corrected chi connectivity index (χ1v) is 17.3. The van der Waals surface area contributed by atoms with Crippen molar-refractivity contribution in [3.63, 3.8) is 0 Å². The summed E-state index contributed by atoms with van der Waals surface area (Å²) in [5, 5.41) is 0. The van der Waals surface area contributed by atoms with Crippen molar-refractivity contribution in [3.05, 3.63) is 135 Å². The molecular weight excluding hydrogens is 680 g/mol. The molecule has 42 heavy (non-hydrogen) atoms. The second-order valence-corrected chi connectivity index (χ2v) is 14.8. The maximum absolute atomic E-state index is 11.4. The highest BCUT2D eigenvalue weighted by molar-refractivity contribution is 9.11. The molecule has 1 heterocycles. The van der Waals surface area contributed by atoms with Crippen LogP contribution in [-0.2, 0) is 37.7 Å². The van der Waals surface area contributed by atoms with E-state index in [1.54, 1.807) is 25.5 Å². The molecule has 8 heteroatoms. The lowest BCUT2D eigenvalue weighted by Gasteiger charge is -2.13. The Balaban J connectivity index is 0.000000199. The number of epoxide rings is 1. The van der Waals surface area contributed by atoms with Gasteiger partial charge < -0.3 is 14.2 Å². The Bertz CT molecular complexity index is 1490. The summed E-state index contributed by atoms with van der Waals surface area (Å²) in [5.41, 5.74) is 3.90. The Morgan fingerprint density at radius 1 is 0.810 bits per heavy atom. The van der Waals surface area contributed by atoms with Crippen LogP contribution in [0.3, 0.4) is 0 Å². The van der Waals surface area contributed by atoms with Crippen LogP contribution in [0.4, 0.5) is 0 Å². The van der Waals surface area contributed by atoms with Gasteiger partial charge in [-0.1, -0.05) is 94.9 Å². The fourth-order valence-electron chi connectivity index (χ4n) is 3.66. The molecule has 5 nitrogen and oxygen atoms in total. The number of Topliss-reactive ketones (excluding diaryl/α,β-unsaturated/α-hetero) is 1. The summed E-state index contributed by atoms with van der Waals surface area (Å²) in [4.78, 5) is 11.4. The molecule has 5 rings (SSSR count). The molecule has 1 unspecified atom stereocenters. The third-order valence-electron chi connectivity index (χ3n) is 5.93. The van der Waals surface area contributed by atoms with Crippen LogP contribution >= 0.6 is 31.9 Å². The fraction of sp³-hybridized carbons (Fsp3) is 0.235. The minimum absolute atomic E-state index is 0.0204. The number of hydrogen-bond donors (Lipinski definition) is 0. The smallest absolute Gasteiger partial charge is 0.161 e. The van der Waals surface area contributed by atoms with Crippen LogP contribution in [0.2, 0.25) is 0 Å². The van der Waals surface area contributed by atoms with Crippen LogP contribution < -0.4 is 9.47 Å². The first-order chi connectivity index (χ1) is 19.9. The second kappa shape index (κ2) is 15.6. The number of ether oxygens (including phenoxy) is 3. The van der Waals surface area contributed by atoms with Crippen molar-refractivity contribution in [3.8, 4) is 11.5 Å². The number of ketones is 1. The quantitative estimate of drug-likeness (QED) is 0.0789. The summed E-state index contributed by atoms with van der Waals surface area (Å²) in [5.74, 6) is 1.57. The normalized spacial score (nSPS) is 15.3. The number of carbonyl (C=O) groups is 1. The van der Waals surface area contributed by atoms with Gasteiger partial charge >= 0.3 is 0 Å². The molecule has 0 aromatic heterocycles. The Morgan fingerprint density at radius 3 is 1.67 bits per heavy atom. The van der Waals surface area contributed by atoms with E-state index in [0.29, 0.717) is 29.0 Å². The maximum atomic E-state index is 11.4. The molecule has 222 valence electrons. The van der Waals surface area contributed by atoms with Crippen LogP contribution in [0.5, 0.6) is 11.5 Å². The summed E-state index contributed by atoms with van der Waals surface area (Å²) in [7, 11) is -1.67. The van der Waals surface area contributed by atoms with Gasteiger partial charge in [0.2, 0.25) is 0 Å². The van der Waals surface area contributed by atoms with E-state index in [4.69, 9.17) is 14.2 Å². The van der Waals surface area contributed by atoms with Gasteiger partial charge in [0.1, 0.15) is 30.3 Å². The van der Waals surface area contributed by atoms with Crippen molar-refractivity contribution in [2.75, 3.05) is 19.1 Å². The van der Waals surface area contributed by atoms with Gasteiger partial charge in [0.05, 0.1) is 28.1 Å². The van der Waals surface area contributed by atoms with E-state index >= 15 is 0 Å². The van der Waals surface area contributed by atoms with Crippen LogP contribution in [0, 0.1) is 6.26 Å². The fourth-order valence-corrected chi connectivity index (χ4v) is 5.12. The van der Waals surface area contributed by atoms with Crippen LogP contribution in [0.25, 0.3) is 0 Å². The molecule has 1 saturated heterocycles. The van der Waals surface area contributed by atoms with Crippen LogP contribution in [-0.4, -0.2) is 24.9 Å². The average Bonchev–Trinajstić information content (AvgIpc) is 3.70. The van der Waals surface area contributed by atoms with E-state index in [1.807, 2.05) is 72.8 Å². The molecule has 0 amide bonds. The van der Waals surface area contributed by atoms with E-state index < -0.39 is 9.93 Å². The summed E-state index contributed by atoms with van der Waals surface area (Å²) in [6.07, 6.45) is 6.51. The first kappa shape index (κ1) is 33.7. The minimum atomic E-state index is -1.67. The zero-order valence-corrected chi connectivity index (χ0v) is 28.3. The largest absolute Gasteiger partial charge is 0.488 e. The predicted molar refractivity (Wildman–Crippen MR) is 178 cm³/mol. The molecule has 1 atom stereocenters. The second-order valence-electron chi connectivity index (χ2n) is 10.3. The molecule has 4 aromatic carbocycles. The molecule has 0 aliphatic carbocycles. The van der Waals surface area contributed by atoms with E-state index in [2.05, 4.69) is 63.2 Å². The Labute approximate surface area is 267 Å². The van der Waals surface area contributed by atoms with Crippen molar-refractivity contribution in [1.29, 1.82) is 0 Å². The Hall–Kier alpha value is -2.78. The lowest BCUT2D eigenvalue weighted by Crippen LogP contribution is -2.05. The molecule has 0 saturated carbocycles. The first-order valence-electron chi connectivity index (χ1n) is 13.2. The summed E-state index contributed by atoms with van der Waals surface area (Å²) in [6.45, 7) is 5.46. The third-order valence-corrected chi connectivity index (χ3v) is 7.56. The molecule has 0 N–H and O–H groups in total. The topological polar surface area (TPSA) is 65.1 Å². The third kappa shape index (κ3) is 11.1. The summed E-state index contributed by atoms with van der Waals surface area (Å²) >= 11 is 7.04. The molecule has 4 aromatic rings. The molecule has 1 aliphatic heterocycles. The highest BCUT2D eigenvalue weighted by Crippen LogP contribution is 2.44. The van der Waals surface area contributed by atoms with Crippen molar-refractivity contribution < 1.29 is 23.2 Å². The van der Waals surface area contributed by atoms with Gasteiger partial charge in [0.15, 0.2) is 5.78 Å². The highest BCUT2D eigenvalue weighted by atomic mass is 79.9. The number of rotatable bonds is 8. The van der Waals surface area contributed by atoms with Gasteiger partial charge in [-0.15, -0.1) is 10.5 Å². The zero-order valence-electron chi connectivity index (χ0n) is 24.3. The van der Waals surface area contributed by atoms with Gasteiger partial charge in [-0.05, 0) is 69.0 Å². The van der Waals surface area contributed by atoms with Gasteiger partial charge in [-0.2, -0.15) is 0 Å². The molecule has 0 spiro atoms. The molecule has 0 radical (unpaired) electrons. The molecule has 1 fully saturated rings. The van der Waals surface area contributed by atoms with E-state index in [1.165, 1.54) is 0 Å². The number of carbonyl (C=O) groups excluding carboxylic acids is 1. The van der Waals surface area contributed by atoms with Crippen LogP contribution in [0.1, 0.15) is 40.9 Å². The lowest BCUT2D eigenvalue weighted by molar-refractivity contribution is 0.101. The van der Waals surface area contributed by atoms with Crippen LogP contribution in [0.15, 0.2) is 106 Å². The van der Waals surface area contributed by atoms with Gasteiger partial charge in [-0.25, -0.2) is 0 Å². The SMILES string of the molecule is CC(=O)c1cccc(OCc2ccccc2)c1Br.CC1(c2cccc(OCc3ccccc3)c2Br)CO1.[CH2-][S+](C)(C)=O. The number of halogens is 2. The van der Waals surface area contributed by atoms with E-state index in [9.17, 15) is 9.00 Å². The Morgan fingerprint density at radius 2 is 1.24 bits per heavy atom. The molecule has 0 bridgehead atoms. The molecular formula is C34H36Br2O5S. The zero-order chi connectivity index (χ0) is 30.8. The average molecular weight is 717 g/mol. The van der Waals surface area contributed by atoms with E-state index in [0.717, 1.165) is 33.5 Å². The monoisotopic (exact) mass is 714 g/mol. The van der Waals surface area contributed by atoms with Gasteiger partial charge in [-0.3, -0.25) is 4.79 Å². The summed E-state index contributed by atoms with van der Waals surface area (Å²) < 4.78 is 28.9. The van der Waals surface area contributed by atoms with Gasteiger partial charge in [0, 0.05) is 11.1 Å². The summed E-state index contributed by atoms with van der Waals surface area (Å²) in [6, 6.07) is 31.6. The maximum Gasteiger partial charge on any atom is 0.161 e. The highest BCUT2D eigenvalue weighted by Gasteiger charge is 2.43. The Kier molecular flexibility index (Phi) is 12.5. The van der Waals surface area contributed by atoms with E-state index in [-0.39, 0.29) is 11.4 Å². The lowest BCUT2D eigenvalue weighted by atomic mass is 10.0. The predicted octanol–water partition coefficient (Wildman–Crippen LogP) is 9.04. The minimum Gasteiger partial charge on any atom is -0.488 e. The molecule has 1 aliphatic rings. The van der Waals surface area contributed by atoms with Crippen molar-refractivity contribution in [2.24, 2.45) is 0 Å². The van der Waals surface area contributed by atoms with Crippen molar-refractivity contribution in [1.82, 2.24) is 0 Å².